The van der Waals surface area contributed by atoms with Gasteiger partial charge in [-0.15, -0.1) is 0 Å². The molecule has 2 nitrogen and oxygen atoms in total. The molecule has 0 spiro atoms. The van der Waals surface area contributed by atoms with Crippen molar-refractivity contribution in [1.29, 1.82) is 0 Å². The lowest BCUT2D eigenvalue weighted by Gasteiger charge is -2.23. The van der Waals surface area contributed by atoms with E-state index in [0.29, 0.717) is 11.5 Å². The Bertz CT molecular complexity index is 612. The van der Waals surface area contributed by atoms with Crippen molar-refractivity contribution >= 4 is 5.69 Å². The Labute approximate surface area is 124 Å². The zero-order valence-corrected chi connectivity index (χ0v) is 12.2. The standard InChI is InChI=1S/C18H20FNO/c1-13(21)17-11-16(19)7-8-18(17)20-10-9-15(12-20)14-5-3-2-4-6-14/h2-8,11,13,15,21H,9-10,12H2,1H3/t13-,15?/m0/s1. The van der Waals surface area contributed by atoms with Crippen molar-refractivity contribution in [2.75, 3.05) is 18.0 Å². The number of nitrogens with zero attached hydrogens (tertiary/aromatic N) is 1. The lowest BCUT2D eigenvalue weighted by Crippen LogP contribution is -2.21. The van der Waals surface area contributed by atoms with Gasteiger partial charge in [0.1, 0.15) is 5.82 Å². The molecule has 0 aliphatic carbocycles. The largest absolute Gasteiger partial charge is 0.389 e. The number of halogens is 1. The van der Waals surface area contributed by atoms with E-state index in [0.717, 1.165) is 25.2 Å². The number of hydrogen-bond donors (Lipinski definition) is 1. The molecule has 1 saturated heterocycles. The zero-order valence-electron chi connectivity index (χ0n) is 12.2. The van der Waals surface area contributed by atoms with Gasteiger partial charge in [-0.3, -0.25) is 0 Å². The first kappa shape index (κ1) is 14.1. The summed E-state index contributed by atoms with van der Waals surface area (Å²) in [5.74, 6) is 0.201. The Morgan fingerprint density at radius 3 is 2.67 bits per heavy atom. The lowest BCUT2D eigenvalue weighted by molar-refractivity contribution is 0.199. The minimum absolute atomic E-state index is 0.298. The van der Waals surface area contributed by atoms with Crippen LogP contribution in [0.25, 0.3) is 0 Å². The van der Waals surface area contributed by atoms with E-state index < -0.39 is 6.10 Å². The van der Waals surface area contributed by atoms with Gasteiger partial charge < -0.3 is 10.0 Å². The van der Waals surface area contributed by atoms with Gasteiger partial charge in [0, 0.05) is 30.3 Å². The zero-order chi connectivity index (χ0) is 14.8. The monoisotopic (exact) mass is 285 g/mol. The second kappa shape index (κ2) is 5.86. The number of benzene rings is 2. The highest BCUT2D eigenvalue weighted by molar-refractivity contribution is 5.56. The van der Waals surface area contributed by atoms with Crippen LogP contribution in [0, 0.1) is 5.82 Å². The second-order valence-corrected chi connectivity index (χ2v) is 5.72. The number of aliphatic hydroxyl groups is 1. The Kier molecular flexibility index (Phi) is 3.93. The van der Waals surface area contributed by atoms with Crippen LogP contribution in [-0.4, -0.2) is 18.2 Å². The Hall–Kier alpha value is -1.87. The smallest absolute Gasteiger partial charge is 0.123 e. The summed E-state index contributed by atoms with van der Waals surface area (Å²) in [4.78, 5) is 2.25. The van der Waals surface area contributed by atoms with Crippen LogP contribution in [-0.2, 0) is 0 Å². The van der Waals surface area contributed by atoms with E-state index in [9.17, 15) is 9.50 Å². The predicted octanol–water partition coefficient (Wildman–Crippen LogP) is 3.87. The average Bonchev–Trinajstić information content (AvgIpc) is 2.97. The Morgan fingerprint density at radius 1 is 1.19 bits per heavy atom. The molecule has 0 amide bonds. The fraction of sp³-hybridized carbons (Fsp3) is 0.333. The van der Waals surface area contributed by atoms with Gasteiger partial charge in [-0.05, 0) is 37.1 Å². The minimum atomic E-state index is -0.661. The van der Waals surface area contributed by atoms with Gasteiger partial charge in [-0.1, -0.05) is 30.3 Å². The number of anilines is 1. The number of hydrogen-bond acceptors (Lipinski definition) is 2. The van der Waals surface area contributed by atoms with Crippen LogP contribution in [0.4, 0.5) is 10.1 Å². The van der Waals surface area contributed by atoms with E-state index in [4.69, 9.17) is 0 Å². The normalized spacial score (nSPS) is 19.8. The molecule has 0 bridgehead atoms. The van der Waals surface area contributed by atoms with E-state index in [2.05, 4.69) is 29.2 Å². The molecule has 3 heteroatoms. The molecule has 0 saturated carbocycles. The van der Waals surface area contributed by atoms with Crippen molar-refractivity contribution in [3.05, 3.63) is 65.5 Å². The number of aliphatic hydroxyl groups excluding tert-OH is 1. The van der Waals surface area contributed by atoms with E-state index in [1.165, 1.54) is 17.7 Å². The summed E-state index contributed by atoms with van der Waals surface area (Å²) in [6.07, 6.45) is 0.423. The molecule has 2 aromatic rings. The van der Waals surface area contributed by atoms with Gasteiger partial charge in [-0.2, -0.15) is 0 Å². The fourth-order valence-electron chi connectivity index (χ4n) is 3.12. The highest BCUT2D eigenvalue weighted by Crippen LogP contribution is 2.34. The maximum absolute atomic E-state index is 13.4. The van der Waals surface area contributed by atoms with E-state index >= 15 is 0 Å². The third kappa shape index (κ3) is 2.93. The molecule has 2 aromatic carbocycles. The van der Waals surface area contributed by atoms with E-state index in [1.54, 1.807) is 13.0 Å². The highest BCUT2D eigenvalue weighted by atomic mass is 19.1. The molecule has 21 heavy (non-hydrogen) atoms. The van der Waals surface area contributed by atoms with Crippen LogP contribution in [0.2, 0.25) is 0 Å². The maximum atomic E-state index is 13.4. The predicted molar refractivity (Wildman–Crippen MR) is 83.0 cm³/mol. The number of rotatable bonds is 3. The summed E-state index contributed by atoms with van der Waals surface area (Å²) in [6.45, 7) is 3.53. The van der Waals surface area contributed by atoms with Gasteiger partial charge in [0.2, 0.25) is 0 Å². The molecule has 1 N–H and O–H groups in total. The molecule has 1 unspecified atom stereocenters. The van der Waals surface area contributed by atoms with Gasteiger partial charge in [0.15, 0.2) is 0 Å². The van der Waals surface area contributed by atoms with Crippen LogP contribution in [0.3, 0.4) is 0 Å². The molecule has 3 rings (SSSR count). The fourth-order valence-corrected chi connectivity index (χ4v) is 3.12. The van der Waals surface area contributed by atoms with Crippen molar-refractivity contribution in [1.82, 2.24) is 0 Å². The highest BCUT2D eigenvalue weighted by Gasteiger charge is 2.26. The topological polar surface area (TPSA) is 23.5 Å². The molecule has 110 valence electrons. The van der Waals surface area contributed by atoms with Crippen LogP contribution in [0.5, 0.6) is 0 Å². The molecule has 1 aliphatic rings. The summed E-state index contributed by atoms with van der Waals surface area (Å²) in [6, 6.07) is 15.2. The van der Waals surface area contributed by atoms with Crippen LogP contribution in [0.15, 0.2) is 48.5 Å². The first-order valence-corrected chi connectivity index (χ1v) is 7.42. The molecular formula is C18H20FNO. The average molecular weight is 285 g/mol. The van der Waals surface area contributed by atoms with E-state index in [1.807, 2.05) is 6.07 Å². The van der Waals surface area contributed by atoms with Crippen molar-refractivity contribution in [2.45, 2.75) is 25.4 Å². The van der Waals surface area contributed by atoms with Crippen molar-refractivity contribution < 1.29 is 9.50 Å². The van der Waals surface area contributed by atoms with Crippen molar-refractivity contribution in [3.8, 4) is 0 Å². The third-order valence-corrected chi connectivity index (χ3v) is 4.24. The Balaban J connectivity index is 1.84. The summed E-state index contributed by atoms with van der Waals surface area (Å²) in [7, 11) is 0. The summed E-state index contributed by atoms with van der Waals surface area (Å²) < 4.78 is 13.4. The second-order valence-electron chi connectivity index (χ2n) is 5.72. The maximum Gasteiger partial charge on any atom is 0.123 e. The van der Waals surface area contributed by atoms with Crippen molar-refractivity contribution in [3.63, 3.8) is 0 Å². The third-order valence-electron chi connectivity index (χ3n) is 4.24. The molecule has 0 aromatic heterocycles. The van der Waals surface area contributed by atoms with Crippen LogP contribution >= 0.6 is 0 Å². The first-order valence-electron chi connectivity index (χ1n) is 7.42. The van der Waals surface area contributed by atoms with Crippen LogP contribution < -0.4 is 4.90 Å². The molecule has 2 atom stereocenters. The van der Waals surface area contributed by atoms with Gasteiger partial charge in [-0.25, -0.2) is 4.39 Å². The molecule has 0 radical (unpaired) electrons. The quantitative estimate of drug-likeness (QED) is 0.925. The summed E-state index contributed by atoms with van der Waals surface area (Å²) in [5, 5.41) is 9.88. The van der Waals surface area contributed by atoms with E-state index in [-0.39, 0.29) is 5.82 Å². The Morgan fingerprint density at radius 2 is 1.95 bits per heavy atom. The molecule has 1 aliphatic heterocycles. The summed E-state index contributed by atoms with van der Waals surface area (Å²) in [5.41, 5.74) is 2.97. The minimum Gasteiger partial charge on any atom is -0.389 e. The lowest BCUT2D eigenvalue weighted by atomic mass is 9.99. The molecule has 1 heterocycles. The van der Waals surface area contributed by atoms with Gasteiger partial charge >= 0.3 is 0 Å². The molecule has 1 fully saturated rings. The van der Waals surface area contributed by atoms with Gasteiger partial charge in [0.05, 0.1) is 6.10 Å². The van der Waals surface area contributed by atoms with Crippen LogP contribution in [0.1, 0.15) is 36.5 Å². The molecular weight excluding hydrogens is 265 g/mol. The van der Waals surface area contributed by atoms with Gasteiger partial charge in [0.25, 0.3) is 0 Å². The summed E-state index contributed by atoms with van der Waals surface area (Å²) >= 11 is 0. The first-order chi connectivity index (χ1) is 10.1. The van der Waals surface area contributed by atoms with Crippen molar-refractivity contribution in [2.24, 2.45) is 0 Å². The SMILES string of the molecule is C[C@H](O)c1cc(F)ccc1N1CCC(c2ccccc2)C1.